The van der Waals surface area contributed by atoms with E-state index < -0.39 is 0 Å². The Labute approximate surface area is 192 Å². The SMILES string of the molecule is CCNC(=NCCN1c2ccccc2CC1C)N1CCOC(C2CCCO2)C1.I. The normalized spacial score (nSPS) is 27.0. The van der Waals surface area contributed by atoms with E-state index in [1.165, 1.54) is 11.3 Å². The highest BCUT2D eigenvalue weighted by Gasteiger charge is 2.32. The number of nitrogens with one attached hydrogen (secondary N) is 1. The van der Waals surface area contributed by atoms with Gasteiger partial charge in [-0.15, -0.1) is 24.0 Å². The van der Waals surface area contributed by atoms with E-state index in [1.807, 2.05) is 0 Å². The van der Waals surface area contributed by atoms with E-state index in [0.717, 1.165) is 71.2 Å². The number of rotatable bonds is 5. The predicted octanol–water partition coefficient (Wildman–Crippen LogP) is 2.90. The summed E-state index contributed by atoms with van der Waals surface area (Å²) >= 11 is 0. The van der Waals surface area contributed by atoms with Crippen LogP contribution in [0.3, 0.4) is 0 Å². The molecule has 3 atom stereocenters. The first-order chi connectivity index (χ1) is 13.8. The van der Waals surface area contributed by atoms with Crippen LogP contribution in [0.4, 0.5) is 5.69 Å². The first-order valence-electron chi connectivity index (χ1n) is 10.9. The Bertz CT molecular complexity index is 681. The maximum atomic E-state index is 6.00. The molecule has 3 unspecified atom stereocenters. The van der Waals surface area contributed by atoms with Gasteiger partial charge in [-0.1, -0.05) is 18.2 Å². The Morgan fingerprint density at radius 1 is 1.21 bits per heavy atom. The average molecular weight is 514 g/mol. The minimum absolute atomic E-state index is 0. The maximum absolute atomic E-state index is 6.00. The van der Waals surface area contributed by atoms with Gasteiger partial charge in [0.2, 0.25) is 0 Å². The lowest BCUT2D eigenvalue weighted by molar-refractivity contribution is -0.0817. The van der Waals surface area contributed by atoms with E-state index in [-0.39, 0.29) is 36.2 Å². The van der Waals surface area contributed by atoms with Crippen molar-refractivity contribution < 1.29 is 9.47 Å². The number of fused-ring (bicyclic) bond motifs is 1. The maximum Gasteiger partial charge on any atom is 0.194 e. The average Bonchev–Trinajstić information content (AvgIpc) is 3.36. The van der Waals surface area contributed by atoms with E-state index >= 15 is 0 Å². The fourth-order valence-electron chi connectivity index (χ4n) is 4.65. The van der Waals surface area contributed by atoms with Crippen molar-refractivity contribution in [2.75, 3.05) is 50.8 Å². The van der Waals surface area contributed by atoms with E-state index in [1.54, 1.807) is 0 Å². The third kappa shape index (κ3) is 5.35. The third-order valence-corrected chi connectivity index (χ3v) is 6.06. The van der Waals surface area contributed by atoms with Crippen LogP contribution < -0.4 is 10.2 Å². The quantitative estimate of drug-likeness (QED) is 0.372. The summed E-state index contributed by atoms with van der Waals surface area (Å²) in [5.41, 5.74) is 2.83. The highest BCUT2D eigenvalue weighted by atomic mass is 127. The highest BCUT2D eigenvalue weighted by Crippen LogP contribution is 2.31. The zero-order valence-electron chi connectivity index (χ0n) is 17.7. The second-order valence-electron chi connectivity index (χ2n) is 8.02. The molecule has 1 aromatic carbocycles. The Morgan fingerprint density at radius 3 is 2.83 bits per heavy atom. The number of hydrogen-bond acceptors (Lipinski definition) is 4. The van der Waals surface area contributed by atoms with E-state index in [4.69, 9.17) is 14.5 Å². The second-order valence-corrected chi connectivity index (χ2v) is 8.02. The summed E-state index contributed by atoms with van der Waals surface area (Å²) in [7, 11) is 0. The van der Waals surface area contributed by atoms with Crippen LogP contribution in [-0.2, 0) is 15.9 Å². The van der Waals surface area contributed by atoms with E-state index in [9.17, 15) is 0 Å². The zero-order valence-corrected chi connectivity index (χ0v) is 20.0. The number of anilines is 1. The predicted molar refractivity (Wildman–Crippen MR) is 129 cm³/mol. The lowest BCUT2D eigenvalue weighted by Gasteiger charge is -2.37. The fourth-order valence-corrected chi connectivity index (χ4v) is 4.65. The van der Waals surface area contributed by atoms with Gasteiger partial charge in [-0.05, 0) is 44.7 Å². The van der Waals surface area contributed by atoms with Gasteiger partial charge in [-0.25, -0.2) is 0 Å². The Hall–Kier alpha value is -1.06. The first-order valence-corrected chi connectivity index (χ1v) is 10.9. The number of ether oxygens (including phenoxy) is 2. The van der Waals surface area contributed by atoms with E-state index in [2.05, 4.69) is 53.2 Å². The molecule has 0 amide bonds. The summed E-state index contributed by atoms with van der Waals surface area (Å²) in [5.74, 6) is 1.01. The molecule has 7 heteroatoms. The third-order valence-electron chi connectivity index (χ3n) is 6.06. The van der Waals surface area contributed by atoms with Crippen LogP contribution in [0.25, 0.3) is 0 Å². The molecule has 1 N–H and O–H groups in total. The number of morpholine rings is 1. The van der Waals surface area contributed by atoms with Crippen LogP contribution in [-0.4, -0.2) is 75.0 Å². The van der Waals surface area contributed by atoms with Crippen molar-refractivity contribution >= 4 is 35.6 Å². The molecule has 3 aliphatic rings. The molecular weight excluding hydrogens is 479 g/mol. The van der Waals surface area contributed by atoms with Crippen LogP contribution in [0.2, 0.25) is 0 Å². The number of para-hydroxylation sites is 1. The van der Waals surface area contributed by atoms with Gasteiger partial charge in [0, 0.05) is 44.5 Å². The number of nitrogens with zero attached hydrogens (tertiary/aromatic N) is 3. The first kappa shape index (κ1) is 22.6. The van der Waals surface area contributed by atoms with Gasteiger partial charge in [-0.3, -0.25) is 4.99 Å². The number of benzene rings is 1. The molecule has 3 heterocycles. The summed E-state index contributed by atoms with van der Waals surface area (Å²) in [6, 6.07) is 9.30. The van der Waals surface area contributed by atoms with Gasteiger partial charge in [0.1, 0.15) is 6.10 Å². The molecule has 6 nitrogen and oxygen atoms in total. The summed E-state index contributed by atoms with van der Waals surface area (Å²) in [5, 5.41) is 3.48. The summed E-state index contributed by atoms with van der Waals surface area (Å²) < 4.78 is 11.9. The minimum atomic E-state index is 0. The molecule has 0 spiro atoms. The molecule has 0 saturated carbocycles. The summed E-state index contributed by atoms with van der Waals surface area (Å²) in [4.78, 5) is 9.81. The van der Waals surface area contributed by atoms with Gasteiger partial charge in [0.25, 0.3) is 0 Å². The lowest BCUT2D eigenvalue weighted by atomic mass is 10.1. The molecule has 0 radical (unpaired) electrons. The van der Waals surface area contributed by atoms with Crippen LogP contribution in [0, 0.1) is 0 Å². The summed E-state index contributed by atoms with van der Waals surface area (Å²) in [6.07, 6.45) is 3.79. The molecule has 2 saturated heterocycles. The Kier molecular flexibility index (Phi) is 8.44. The molecule has 1 aromatic rings. The summed E-state index contributed by atoms with van der Waals surface area (Å²) in [6.45, 7) is 10.4. The van der Waals surface area contributed by atoms with Crippen molar-refractivity contribution in [2.24, 2.45) is 4.99 Å². The smallest absolute Gasteiger partial charge is 0.194 e. The van der Waals surface area contributed by atoms with Gasteiger partial charge >= 0.3 is 0 Å². The Morgan fingerprint density at radius 2 is 2.03 bits per heavy atom. The van der Waals surface area contributed by atoms with Crippen molar-refractivity contribution in [3.63, 3.8) is 0 Å². The van der Waals surface area contributed by atoms with E-state index in [0.29, 0.717) is 6.04 Å². The molecule has 4 rings (SSSR count). The molecule has 29 heavy (non-hydrogen) atoms. The van der Waals surface area contributed by atoms with Crippen LogP contribution in [0.15, 0.2) is 29.3 Å². The zero-order chi connectivity index (χ0) is 19.3. The van der Waals surface area contributed by atoms with Crippen molar-refractivity contribution in [3.05, 3.63) is 29.8 Å². The number of guanidine groups is 1. The number of hydrogen-bond donors (Lipinski definition) is 1. The minimum Gasteiger partial charge on any atom is -0.375 e. The molecule has 3 aliphatic heterocycles. The van der Waals surface area contributed by atoms with Crippen LogP contribution in [0.1, 0.15) is 32.3 Å². The topological polar surface area (TPSA) is 49.3 Å². The molecule has 0 bridgehead atoms. The van der Waals surface area contributed by atoms with Gasteiger partial charge in [-0.2, -0.15) is 0 Å². The van der Waals surface area contributed by atoms with Gasteiger partial charge in [0.15, 0.2) is 5.96 Å². The molecule has 0 aromatic heterocycles. The van der Waals surface area contributed by atoms with Gasteiger partial charge in [0.05, 0.1) is 19.3 Å². The van der Waals surface area contributed by atoms with Crippen LogP contribution >= 0.6 is 24.0 Å². The van der Waals surface area contributed by atoms with Crippen molar-refractivity contribution in [2.45, 2.75) is 51.4 Å². The molecule has 162 valence electrons. The standard InChI is InChI=1S/C22H34N4O2.HI/c1-3-23-22(25-12-14-28-21(16-25)20-9-6-13-27-20)24-10-11-26-17(2)15-18-7-4-5-8-19(18)26;/h4-5,7-8,17,20-21H,3,6,9-16H2,1-2H3,(H,23,24);1H. The molecular formula is C22H35IN4O2. The lowest BCUT2D eigenvalue weighted by Crippen LogP contribution is -2.53. The fraction of sp³-hybridized carbons (Fsp3) is 0.682. The largest absolute Gasteiger partial charge is 0.375 e. The molecule has 2 fully saturated rings. The Balaban J connectivity index is 0.00000240. The second kappa shape index (κ2) is 10.8. The van der Waals surface area contributed by atoms with Crippen molar-refractivity contribution in [3.8, 4) is 0 Å². The highest BCUT2D eigenvalue weighted by molar-refractivity contribution is 14.0. The van der Waals surface area contributed by atoms with Gasteiger partial charge < -0.3 is 24.6 Å². The van der Waals surface area contributed by atoms with Crippen molar-refractivity contribution in [1.82, 2.24) is 10.2 Å². The van der Waals surface area contributed by atoms with Crippen molar-refractivity contribution in [1.29, 1.82) is 0 Å². The monoisotopic (exact) mass is 514 g/mol. The number of aliphatic imine (C=N–C) groups is 1. The number of halogens is 1. The van der Waals surface area contributed by atoms with Crippen LogP contribution in [0.5, 0.6) is 0 Å². The molecule has 0 aliphatic carbocycles.